The van der Waals surface area contributed by atoms with Crippen LogP contribution in [0.5, 0.6) is 0 Å². The molecule has 0 aromatic rings. The van der Waals surface area contributed by atoms with Crippen molar-refractivity contribution >= 4 is 12.0 Å². The molecule has 2 amide bonds. The molecule has 152 valence electrons. The number of carboxylic acid groups (broad SMARTS) is 1. The van der Waals surface area contributed by atoms with E-state index in [4.69, 9.17) is 5.11 Å². The summed E-state index contributed by atoms with van der Waals surface area (Å²) in [5, 5.41) is 12.3. The fourth-order valence-corrected chi connectivity index (χ4v) is 6.80. The largest absolute Gasteiger partial charge is 0.480 e. The Kier molecular flexibility index (Phi) is 5.62. The van der Waals surface area contributed by atoms with E-state index in [1.807, 2.05) is 16.7 Å². The number of rotatable bonds is 6. The van der Waals surface area contributed by atoms with Crippen molar-refractivity contribution in [1.29, 1.82) is 0 Å². The van der Waals surface area contributed by atoms with E-state index in [1.54, 1.807) is 0 Å². The molecule has 6 nitrogen and oxygen atoms in total. The van der Waals surface area contributed by atoms with E-state index in [2.05, 4.69) is 5.32 Å². The molecular weight excluding hydrogens is 342 g/mol. The Morgan fingerprint density at radius 2 is 1.63 bits per heavy atom. The van der Waals surface area contributed by atoms with E-state index < -0.39 is 5.97 Å². The molecule has 0 aromatic carbocycles. The third-order valence-corrected chi connectivity index (χ3v) is 7.92. The molecule has 0 atom stereocenters. The summed E-state index contributed by atoms with van der Waals surface area (Å²) in [5.74, 6) is 3.58. The first-order valence-electron chi connectivity index (χ1n) is 11.0. The third kappa shape index (κ3) is 4.10. The molecule has 4 saturated carbocycles. The van der Waals surface area contributed by atoms with Gasteiger partial charge in [0.1, 0.15) is 0 Å². The topological polar surface area (TPSA) is 72.9 Å². The van der Waals surface area contributed by atoms with E-state index in [0.717, 1.165) is 62.7 Å². The van der Waals surface area contributed by atoms with Gasteiger partial charge in [-0.1, -0.05) is 6.92 Å². The Balaban J connectivity index is 1.23. The van der Waals surface area contributed by atoms with Gasteiger partial charge >= 0.3 is 12.0 Å². The minimum absolute atomic E-state index is 0.0866. The molecule has 2 N–H and O–H groups in total. The zero-order chi connectivity index (χ0) is 19.0. The number of amides is 2. The van der Waals surface area contributed by atoms with Crippen LogP contribution in [0.1, 0.15) is 51.9 Å². The molecule has 0 aromatic heterocycles. The quantitative estimate of drug-likeness (QED) is 0.746. The lowest BCUT2D eigenvalue weighted by Gasteiger charge is -2.54. The molecule has 27 heavy (non-hydrogen) atoms. The summed E-state index contributed by atoms with van der Waals surface area (Å²) in [5.41, 5.74) is 0. The second kappa shape index (κ2) is 7.98. The lowest BCUT2D eigenvalue weighted by molar-refractivity contribution is -0.139. The fourth-order valence-electron chi connectivity index (χ4n) is 6.80. The van der Waals surface area contributed by atoms with Crippen LogP contribution in [0.2, 0.25) is 0 Å². The first kappa shape index (κ1) is 19.0. The summed E-state index contributed by atoms with van der Waals surface area (Å²) in [7, 11) is 0. The van der Waals surface area contributed by atoms with Gasteiger partial charge in [-0.2, -0.15) is 0 Å². The van der Waals surface area contributed by atoms with E-state index in [9.17, 15) is 9.59 Å². The minimum atomic E-state index is -0.771. The van der Waals surface area contributed by atoms with Gasteiger partial charge in [-0.25, -0.2) is 4.79 Å². The summed E-state index contributed by atoms with van der Waals surface area (Å²) in [6.45, 7) is 5.17. The summed E-state index contributed by atoms with van der Waals surface area (Å²) >= 11 is 0. The molecule has 4 aliphatic carbocycles. The van der Waals surface area contributed by atoms with Crippen molar-refractivity contribution in [2.24, 2.45) is 29.6 Å². The number of carbonyl (C=O) groups is 2. The molecular formula is C21H35N3O3. The van der Waals surface area contributed by atoms with Gasteiger partial charge in [-0.3, -0.25) is 9.69 Å². The third-order valence-electron chi connectivity index (χ3n) is 7.92. The highest BCUT2D eigenvalue weighted by Gasteiger charge is 2.48. The summed E-state index contributed by atoms with van der Waals surface area (Å²) in [4.78, 5) is 27.6. The fraction of sp³-hybridized carbons (Fsp3) is 0.905. The maximum Gasteiger partial charge on any atom is 0.317 e. The van der Waals surface area contributed by atoms with Crippen molar-refractivity contribution in [1.82, 2.24) is 15.1 Å². The standard InChI is InChI=1S/C21H35N3O3/c1-2-23(13-20(25)26)18-3-5-24(6-4-18)21(27)22-12-19-16-8-14-7-15(10-16)11-17(19)9-14/h14-19H,2-13H2,1H3,(H,22,27)(H,25,26). The molecule has 1 saturated heterocycles. The highest BCUT2D eigenvalue weighted by atomic mass is 16.4. The predicted octanol–water partition coefficient (Wildman–Crippen LogP) is 2.64. The van der Waals surface area contributed by atoms with Crippen LogP contribution in [0.25, 0.3) is 0 Å². The zero-order valence-electron chi connectivity index (χ0n) is 16.6. The highest BCUT2D eigenvalue weighted by molar-refractivity contribution is 5.74. The number of hydrogen-bond donors (Lipinski definition) is 2. The lowest BCUT2D eigenvalue weighted by atomic mass is 9.52. The number of likely N-dealkylation sites (N-methyl/N-ethyl adjacent to an activating group) is 1. The van der Waals surface area contributed by atoms with Crippen molar-refractivity contribution in [3.8, 4) is 0 Å². The summed E-state index contributed by atoms with van der Waals surface area (Å²) in [6.07, 6.45) is 8.80. The predicted molar refractivity (Wildman–Crippen MR) is 103 cm³/mol. The van der Waals surface area contributed by atoms with Crippen LogP contribution in [0, 0.1) is 29.6 Å². The Bertz CT molecular complexity index is 531. The van der Waals surface area contributed by atoms with Crippen LogP contribution in [0.15, 0.2) is 0 Å². The van der Waals surface area contributed by atoms with Gasteiger partial charge in [0.05, 0.1) is 6.54 Å². The molecule has 1 aliphatic heterocycles. The van der Waals surface area contributed by atoms with Crippen molar-refractivity contribution in [2.75, 3.05) is 32.7 Å². The number of nitrogens with zero attached hydrogens (tertiary/aromatic N) is 2. The normalized spacial score (nSPS) is 35.6. The molecule has 1 heterocycles. The van der Waals surface area contributed by atoms with Gasteiger partial charge in [-0.15, -0.1) is 0 Å². The number of aliphatic carboxylic acids is 1. The Labute approximate surface area is 162 Å². The Morgan fingerprint density at radius 3 is 2.15 bits per heavy atom. The second-order valence-electron chi connectivity index (χ2n) is 9.46. The van der Waals surface area contributed by atoms with Gasteiger partial charge in [0, 0.05) is 25.7 Å². The molecule has 4 bridgehead atoms. The van der Waals surface area contributed by atoms with E-state index in [-0.39, 0.29) is 18.6 Å². The van der Waals surface area contributed by atoms with Crippen LogP contribution >= 0.6 is 0 Å². The average molecular weight is 378 g/mol. The first-order chi connectivity index (χ1) is 13.0. The molecule has 0 spiro atoms. The molecule has 6 heteroatoms. The Morgan fingerprint density at radius 1 is 1.04 bits per heavy atom. The van der Waals surface area contributed by atoms with Gasteiger partial charge in [-0.05, 0) is 81.1 Å². The molecule has 0 radical (unpaired) electrons. The highest BCUT2D eigenvalue weighted by Crippen LogP contribution is 2.56. The van der Waals surface area contributed by atoms with Crippen molar-refractivity contribution in [2.45, 2.75) is 57.9 Å². The lowest BCUT2D eigenvalue weighted by Crippen LogP contribution is -2.53. The smallest absolute Gasteiger partial charge is 0.317 e. The Hall–Kier alpha value is -1.30. The first-order valence-corrected chi connectivity index (χ1v) is 11.0. The summed E-state index contributed by atoms with van der Waals surface area (Å²) in [6, 6.07) is 0.364. The van der Waals surface area contributed by atoms with Crippen molar-refractivity contribution < 1.29 is 14.7 Å². The van der Waals surface area contributed by atoms with Gasteiger partial charge in [0.2, 0.25) is 0 Å². The van der Waals surface area contributed by atoms with Crippen LogP contribution in [0.4, 0.5) is 4.79 Å². The van der Waals surface area contributed by atoms with Crippen LogP contribution in [0.3, 0.4) is 0 Å². The van der Waals surface area contributed by atoms with E-state index in [0.29, 0.717) is 5.92 Å². The maximum absolute atomic E-state index is 12.7. The second-order valence-corrected chi connectivity index (χ2v) is 9.46. The number of nitrogens with one attached hydrogen (secondary N) is 1. The molecule has 5 aliphatic rings. The number of hydrogen-bond acceptors (Lipinski definition) is 3. The van der Waals surface area contributed by atoms with Crippen LogP contribution in [-0.2, 0) is 4.79 Å². The van der Waals surface area contributed by atoms with Crippen LogP contribution in [-0.4, -0.2) is 65.7 Å². The number of likely N-dealkylation sites (tertiary alicyclic amines) is 1. The summed E-state index contributed by atoms with van der Waals surface area (Å²) < 4.78 is 0. The SMILES string of the molecule is CCN(CC(=O)O)C1CCN(C(=O)NCC2C3CC4CC(C3)CC2C4)CC1. The number of piperidine rings is 1. The number of carboxylic acids is 1. The molecule has 0 unspecified atom stereocenters. The zero-order valence-corrected chi connectivity index (χ0v) is 16.6. The van der Waals surface area contributed by atoms with Gasteiger partial charge < -0.3 is 15.3 Å². The number of urea groups is 1. The van der Waals surface area contributed by atoms with Gasteiger partial charge in [0.15, 0.2) is 0 Å². The average Bonchev–Trinajstić information content (AvgIpc) is 2.65. The molecule has 5 rings (SSSR count). The van der Waals surface area contributed by atoms with E-state index >= 15 is 0 Å². The monoisotopic (exact) mass is 377 g/mol. The van der Waals surface area contributed by atoms with E-state index in [1.165, 1.54) is 32.1 Å². The number of carbonyl (C=O) groups excluding carboxylic acids is 1. The minimum Gasteiger partial charge on any atom is -0.480 e. The van der Waals surface area contributed by atoms with Gasteiger partial charge in [0.25, 0.3) is 0 Å². The van der Waals surface area contributed by atoms with Crippen LogP contribution < -0.4 is 5.32 Å². The molecule has 5 fully saturated rings. The van der Waals surface area contributed by atoms with Crippen molar-refractivity contribution in [3.63, 3.8) is 0 Å². The maximum atomic E-state index is 12.7. The van der Waals surface area contributed by atoms with Crippen molar-refractivity contribution in [3.05, 3.63) is 0 Å².